The summed E-state index contributed by atoms with van der Waals surface area (Å²) in [7, 11) is 1.65. The van der Waals surface area contributed by atoms with E-state index in [1.165, 1.54) is 0 Å². The monoisotopic (exact) mass is 264 g/mol. The van der Waals surface area contributed by atoms with Gasteiger partial charge in [-0.15, -0.1) is 0 Å². The van der Waals surface area contributed by atoms with Gasteiger partial charge in [0.05, 0.1) is 7.11 Å². The van der Waals surface area contributed by atoms with Gasteiger partial charge in [-0.2, -0.15) is 0 Å². The van der Waals surface area contributed by atoms with E-state index in [2.05, 4.69) is 24.5 Å². The second-order valence-corrected chi connectivity index (χ2v) is 4.61. The summed E-state index contributed by atoms with van der Waals surface area (Å²) >= 11 is 0. The van der Waals surface area contributed by atoms with E-state index in [-0.39, 0.29) is 5.91 Å². The number of ether oxygens (including phenoxy) is 1. The lowest BCUT2D eigenvalue weighted by atomic mass is 10.1. The molecule has 19 heavy (non-hydrogen) atoms. The summed E-state index contributed by atoms with van der Waals surface area (Å²) in [6, 6.07) is 8.14. The highest BCUT2D eigenvalue weighted by Crippen LogP contribution is 2.12. The molecule has 0 spiro atoms. The Labute approximate surface area is 115 Å². The van der Waals surface area contributed by atoms with E-state index in [1.807, 2.05) is 24.3 Å². The zero-order valence-electron chi connectivity index (χ0n) is 12.0. The van der Waals surface area contributed by atoms with E-state index < -0.39 is 0 Å². The molecule has 0 radical (unpaired) electrons. The lowest BCUT2D eigenvalue weighted by molar-refractivity contribution is -0.121. The Morgan fingerprint density at radius 1 is 1.32 bits per heavy atom. The number of carbonyl (C=O) groups excluding carboxylic acids is 1. The minimum absolute atomic E-state index is 0.0978. The molecule has 4 nitrogen and oxygen atoms in total. The van der Waals surface area contributed by atoms with Crippen LogP contribution in [0.15, 0.2) is 24.3 Å². The number of methoxy groups -OCH3 is 1. The van der Waals surface area contributed by atoms with Gasteiger partial charge in [0, 0.05) is 19.0 Å². The van der Waals surface area contributed by atoms with Crippen LogP contribution in [0.25, 0.3) is 0 Å². The third kappa shape index (κ3) is 6.25. The van der Waals surface area contributed by atoms with Crippen LogP contribution < -0.4 is 15.4 Å². The maximum Gasteiger partial charge on any atom is 0.220 e. The number of likely N-dealkylation sites (N-methyl/N-ethyl adjacent to an activating group) is 1. The van der Waals surface area contributed by atoms with Gasteiger partial charge >= 0.3 is 0 Å². The van der Waals surface area contributed by atoms with Crippen molar-refractivity contribution in [1.29, 1.82) is 0 Å². The van der Waals surface area contributed by atoms with Crippen LogP contribution >= 0.6 is 0 Å². The Morgan fingerprint density at radius 3 is 2.58 bits per heavy atom. The van der Waals surface area contributed by atoms with Crippen molar-refractivity contribution in [2.24, 2.45) is 0 Å². The van der Waals surface area contributed by atoms with Crippen molar-refractivity contribution < 1.29 is 9.53 Å². The standard InChI is InChI=1S/C15H24N2O2/c1-4-16-12(2)11-17-15(18)10-7-13-5-8-14(19-3)9-6-13/h5-6,8-9,12,16H,4,7,10-11H2,1-3H3,(H,17,18)/t12-/m1/s1. The maximum atomic E-state index is 11.7. The molecule has 1 aromatic rings. The molecular formula is C15H24N2O2. The van der Waals surface area contributed by atoms with Crippen LogP contribution in [0.2, 0.25) is 0 Å². The average Bonchev–Trinajstić information content (AvgIpc) is 2.44. The molecule has 0 fully saturated rings. The molecule has 0 heterocycles. The van der Waals surface area contributed by atoms with E-state index in [4.69, 9.17) is 4.74 Å². The van der Waals surface area contributed by atoms with Crippen LogP contribution in [0.5, 0.6) is 5.75 Å². The first-order valence-electron chi connectivity index (χ1n) is 6.78. The molecule has 0 bridgehead atoms. The molecule has 1 aromatic carbocycles. The number of benzene rings is 1. The van der Waals surface area contributed by atoms with Crippen LogP contribution in [0.3, 0.4) is 0 Å². The molecule has 0 aliphatic heterocycles. The Bertz CT molecular complexity index is 376. The van der Waals surface area contributed by atoms with Crippen molar-refractivity contribution >= 4 is 5.91 Å². The Hall–Kier alpha value is -1.55. The topological polar surface area (TPSA) is 50.4 Å². The molecule has 106 valence electrons. The van der Waals surface area contributed by atoms with Crippen molar-refractivity contribution in [3.63, 3.8) is 0 Å². The summed E-state index contributed by atoms with van der Waals surface area (Å²) in [6.07, 6.45) is 1.27. The molecule has 0 aromatic heterocycles. The molecule has 0 saturated heterocycles. The van der Waals surface area contributed by atoms with Gasteiger partial charge < -0.3 is 15.4 Å². The van der Waals surface area contributed by atoms with E-state index in [9.17, 15) is 4.79 Å². The van der Waals surface area contributed by atoms with Gasteiger partial charge in [-0.25, -0.2) is 0 Å². The molecule has 1 amide bonds. The highest BCUT2D eigenvalue weighted by Gasteiger charge is 2.05. The Morgan fingerprint density at radius 2 is 2.00 bits per heavy atom. The third-order valence-electron chi connectivity index (χ3n) is 2.96. The lowest BCUT2D eigenvalue weighted by Gasteiger charge is -2.13. The Kier molecular flexibility index (Phi) is 6.97. The fraction of sp³-hybridized carbons (Fsp3) is 0.533. The molecule has 0 aliphatic carbocycles. The van der Waals surface area contributed by atoms with Crippen LogP contribution in [0, 0.1) is 0 Å². The second kappa shape index (κ2) is 8.53. The van der Waals surface area contributed by atoms with Crippen molar-refractivity contribution in [2.75, 3.05) is 20.2 Å². The minimum atomic E-state index is 0.0978. The van der Waals surface area contributed by atoms with Crippen LogP contribution in [0.1, 0.15) is 25.8 Å². The van der Waals surface area contributed by atoms with E-state index in [0.717, 1.165) is 24.3 Å². The molecule has 2 N–H and O–H groups in total. The first-order valence-corrected chi connectivity index (χ1v) is 6.78. The smallest absolute Gasteiger partial charge is 0.220 e. The summed E-state index contributed by atoms with van der Waals surface area (Å²) in [5, 5.41) is 6.19. The second-order valence-electron chi connectivity index (χ2n) is 4.61. The molecule has 1 rings (SSSR count). The normalized spacial score (nSPS) is 11.9. The number of hydrogen-bond donors (Lipinski definition) is 2. The van der Waals surface area contributed by atoms with Crippen LogP contribution in [-0.2, 0) is 11.2 Å². The first kappa shape index (κ1) is 15.5. The molecule has 0 aliphatic rings. The quantitative estimate of drug-likeness (QED) is 0.752. The van der Waals surface area contributed by atoms with Gasteiger partial charge in [-0.1, -0.05) is 19.1 Å². The van der Waals surface area contributed by atoms with E-state index in [1.54, 1.807) is 7.11 Å². The number of hydrogen-bond acceptors (Lipinski definition) is 3. The molecule has 1 atom stereocenters. The van der Waals surface area contributed by atoms with Crippen LogP contribution in [0.4, 0.5) is 0 Å². The van der Waals surface area contributed by atoms with E-state index >= 15 is 0 Å². The zero-order valence-corrected chi connectivity index (χ0v) is 12.0. The zero-order chi connectivity index (χ0) is 14.1. The lowest BCUT2D eigenvalue weighted by Crippen LogP contribution is -2.38. The Balaban J connectivity index is 2.25. The van der Waals surface area contributed by atoms with Gasteiger partial charge in [0.25, 0.3) is 0 Å². The number of amides is 1. The van der Waals surface area contributed by atoms with E-state index in [0.29, 0.717) is 19.0 Å². The largest absolute Gasteiger partial charge is 0.497 e. The van der Waals surface area contributed by atoms with Gasteiger partial charge in [0.2, 0.25) is 5.91 Å². The molecule has 4 heteroatoms. The predicted molar refractivity (Wildman–Crippen MR) is 77.5 cm³/mol. The summed E-state index contributed by atoms with van der Waals surface area (Å²) in [6.45, 7) is 5.72. The number of rotatable bonds is 8. The van der Waals surface area contributed by atoms with Crippen molar-refractivity contribution in [3.05, 3.63) is 29.8 Å². The highest BCUT2D eigenvalue weighted by atomic mass is 16.5. The fourth-order valence-corrected chi connectivity index (χ4v) is 1.83. The third-order valence-corrected chi connectivity index (χ3v) is 2.96. The van der Waals surface area contributed by atoms with Crippen LogP contribution in [-0.4, -0.2) is 32.1 Å². The summed E-state index contributed by atoms with van der Waals surface area (Å²) < 4.78 is 5.10. The molecule has 0 saturated carbocycles. The molecule has 0 unspecified atom stereocenters. The highest BCUT2D eigenvalue weighted by molar-refractivity contribution is 5.76. The number of nitrogens with one attached hydrogen (secondary N) is 2. The SMILES string of the molecule is CCN[C@H](C)CNC(=O)CCc1ccc(OC)cc1. The predicted octanol–water partition coefficient (Wildman–Crippen LogP) is 1.74. The van der Waals surface area contributed by atoms with Crippen molar-refractivity contribution in [2.45, 2.75) is 32.7 Å². The van der Waals surface area contributed by atoms with Gasteiger partial charge in [0.15, 0.2) is 0 Å². The van der Waals surface area contributed by atoms with Crippen molar-refractivity contribution in [3.8, 4) is 5.75 Å². The summed E-state index contributed by atoms with van der Waals surface area (Å²) in [4.78, 5) is 11.7. The first-order chi connectivity index (χ1) is 9.15. The fourth-order valence-electron chi connectivity index (χ4n) is 1.83. The molecular weight excluding hydrogens is 240 g/mol. The minimum Gasteiger partial charge on any atom is -0.497 e. The van der Waals surface area contributed by atoms with Gasteiger partial charge in [-0.05, 0) is 37.6 Å². The van der Waals surface area contributed by atoms with Crippen molar-refractivity contribution in [1.82, 2.24) is 10.6 Å². The average molecular weight is 264 g/mol. The number of carbonyl (C=O) groups is 1. The maximum absolute atomic E-state index is 11.7. The van der Waals surface area contributed by atoms with Gasteiger partial charge in [-0.3, -0.25) is 4.79 Å². The number of aryl methyl sites for hydroxylation is 1. The van der Waals surface area contributed by atoms with Gasteiger partial charge in [0.1, 0.15) is 5.75 Å². The summed E-state index contributed by atoms with van der Waals surface area (Å²) in [5.41, 5.74) is 1.15. The summed E-state index contributed by atoms with van der Waals surface area (Å²) in [5.74, 6) is 0.938.